The van der Waals surface area contributed by atoms with E-state index < -0.39 is 5.41 Å². The lowest BCUT2D eigenvalue weighted by molar-refractivity contribution is -0.150. The van der Waals surface area contributed by atoms with E-state index in [-0.39, 0.29) is 5.97 Å². The molecule has 4 heteroatoms. The summed E-state index contributed by atoms with van der Waals surface area (Å²) in [5, 5.41) is 0. The Hall–Kier alpha value is -1.84. The van der Waals surface area contributed by atoms with Gasteiger partial charge < -0.3 is 9.72 Å². The first-order valence-corrected chi connectivity index (χ1v) is 7.30. The van der Waals surface area contributed by atoms with Crippen LogP contribution in [0.3, 0.4) is 0 Å². The molecule has 0 bridgehead atoms. The molecule has 1 N–H and O–H groups in total. The molecule has 2 aromatic rings. The number of hydrogen-bond donors (Lipinski definition) is 1. The average molecular weight is 272 g/mol. The fraction of sp³-hybridized carbons (Fsp3) is 0.500. The van der Waals surface area contributed by atoms with Crippen molar-refractivity contribution in [3.05, 3.63) is 29.6 Å². The standard InChI is InChI=1S/C16H20N2O2/c1-3-20-15(19)16(8-4-5-9-16)14-17-12-7-6-11(2)10-13(12)18-14/h6-7,10H,3-5,8-9H2,1-2H3,(H,17,18). The molecular weight excluding hydrogens is 252 g/mol. The molecule has 1 aromatic carbocycles. The summed E-state index contributed by atoms with van der Waals surface area (Å²) in [5.41, 5.74) is 2.53. The molecule has 1 aromatic heterocycles. The van der Waals surface area contributed by atoms with E-state index in [0.29, 0.717) is 6.61 Å². The van der Waals surface area contributed by atoms with Crippen molar-refractivity contribution in [1.29, 1.82) is 0 Å². The number of ether oxygens (including phenoxy) is 1. The Morgan fingerprint density at radius 2 is 2.15 bits per heavy atom. The van der Waals surface area contributed by atoms with Crippen LogP contribution in [0.15, 0.2) is 18.2 Å². The number of nitrogens with one attached hydrogen (secondary N) is 1. The fourth-order valence-corrected chi connectivity index (χ4v) is 3.14. The minimum atomic E-state index is -0.567. The maximum absolute atomic E-state index is 12.4. The summed E-state index contributed by atoms with van der Waals surface area (Å²) in [6, 6.07) is 6.11. The predicted molar refractivity (Wildman–Crippen MR) is 77.6 cm³/mol. The number of H-pyrrole nitrogens is 1. The van der Waals surface area contributed by atoms with Crippen LogP contribution >= 0.6 is 0 Å². The Labute approximate surface area is 118 Å². The number of aromatic nitrogens is 2. The molecule has 0 amide bonds. The van der Waals surface area contributed by atoms with Gasteiger partial charge in [0.05, 0.1) is 17.6 Å². The molecule has 1 saturated carbocycles. The van der Waals surface area contributed by atoms with Gasteiger partial charge in [-0.25, -0.2) is 4.98 Å². The van der Waals surface area contributed by atoms with Gasteiger partial charge in [0, 0.05) is 0 Å². The van der Waals surface area contributed by atoms with Crippen LogP contribution in [0.5, 0.6) is 0 Å². The van der Waals surface area contributed by atoms with Crippen molar-refractivity contribution in [2.45, 2.75) is 44.9 Å². The first-order chi connectivity index (χ1) is 9.65. The zero-order valence-electron chi connectivity index (χ0n) is 12.0. The summed E-state index contributed by atoms with van der Waals surface area (Å²) >= 11 is 0. The fourth-order valence-electron chi connectivity index (χ4n) is 3.14. The van der Waals surface area contributed by atoms with E-state index in [1.54, 1.807) is 0 Å². The lowest BCUT2D eigenvalue weighted by Crippen LogP contribution is -2.35. The van der Waals surface area contributed by atoms with Gasteiger partial charge in [-0.05, 0) is 44.4 Å². The van der Waals surface area contributed by atoms with Crippen molar-refractivity contribution in [2.75, 3.05) is 6.61 Å². The number of nitrogens with zero attached hydrogens (tertiary/aromatic N) is 1. The van der Waals surface area contributed by atoms with E-state index in [2.05, 4.69) is 23.0 Å². The molecule has 3 rings (SSSR count). The summed E-state index contributed by atoms with van der Waals surface area (Å²) in [5.74, 6) is 0.641. The maximum Gasteiger partial charge on any atom is 0.319 e. The average Bonchev–Trinajstić information content (AvgIpc) is 3.05. The van der Waals surface area contributed by atoms with Gasteiger partial charge in [-0.3, -0.25) is 4.79 Å². The number of rotatable bonds is 3. The number of benzene rings is 1. The van der Waals surface area contributed by atoms with Crippen LogP contribution in [0.4, 0.5) is 0 Å². The highest BCUT2D eigenvalue weighted by atomic mass is 16.5. The van der Waals surface area contributed by atoms with Crippen LogP contribution in [0.2, 0.25) is 0 Å². The molecule has 0 saturated heterocycles. The zero-order valence-corrected chi connectivity index (χ0v) is 12.0. The lowest BCUT2D eigenvalue weighted by atomic mass is 9.85. The van der Waals surface area contributed by atoms with Crippen molar-refractivity contribution >= 4 is 17.0 Å². The Bertz CT molecular complexity index is 639. The van der Waals surface area contributed by atoms with Crippen LogP contribution in [-0.2, 0) is 14.9 Å². The summed E-state index contributed by atoms with van der Waals surface area (Å²) in [4.78, 5) is 20.4. The van der Waals surface area contributed by atoms with Gasteiger partial charge in [-0.1, -0.05) is 18.9 Å². The van der Waals surface area contributed by atoms with E-state index in [1.165, 1.54) is 5.56 Å². The quantitative estimate of drug-likeness (QED) is 0.873. The van der Waals surface area contributed by atoms with Gasteiger partial charge in [-0.15, -0.1) is 0 Å². The summed E-state index contributed by atoms with van der Waals surface area (Å²) in [6.45, 7) is 4.32. The summed E-state index contributed by atoms with van der Waals surface area (Å²) in [6.07, 6.45) is 3.75. The van der Waals surface area contributed by atoms with Crippen LogP contribution in [-0.4, -0.2) is 22.5 Å². The third-order valence-corrected chi connectivity index (χ3v) is 4.21. The van der Waals surface area contributed by atoms with Crippen molar-refractivity contribution in [2.24, 2.45) is 0 Å². The maximum atomic E-state index is 12.4. The lowest BCUT2D eigenvalue weighted by Gasteiger charge is -2.23. The van der Waals surface area contributed by atoms with Gasteiger partial charge in [-0.2, -0.15) is 0 Å². The monoisotopic (exact) mass is 272 g/mol. The van der Waals surface area contributed by atoms with Crippen LogP contribution in [0.1, 0.15) is 44.0 Å². The van der Waals surface area contributed by atoms with Crippen molar-refractivity contribution in [3.63, 3.8) is 0 Å². The Morgan fingerprint density at radius 3 is 2.85 bits per heavy atom. The zero-order chi connectivity index (χ0) is 14.2. The van der Waals surface area contributed by atoms with Crippen LogP contribution < -0.4 is 0 Å². The van der Waals surface area contributed by atoms with Crippen molar-refractivity contribution < 1.29 is 9.53 Å². The number of carbonyl (C=O) groups is 1. The Kier molecular flexibility index (Phi) is 3.24. The molecule has 0 atom stereocenters. The van der Waals surface area contributed by atoms with E-state index in [0.717, 1.165) is 42.5 Å². The first kappa shape index (κ1) is 13.2. The number of esters is 1. The number of fused-ring (bicyclic) bond motifs is 1. The Morgan fingerprint density at radius 1 is 1.40 bits per heavy atom. The van der Waals surface area contributed by atoms with Gasteiger partial charge in [0.1, 0.15) is 11.2 Å². The van der Waals surface area contributed by atoms with Crippen LogP contribution in [0.25, 0.3) is 11.0 Å². The largest absolute Gasteiger partial charge is 0.465 e. The highest BCUT2D eigenvalue weighted by Gasteiger charge is 2.46. The molecule has 0 radical (unpaired) electrons. The second kappa shape index (κ2) is 4.93. The van der Waals surface area contributed by atoms with Gasteiger partial charge in [0.2, 0.25) is 0 Å². The van der Waals surface area contributed by atoms with Gasteiger partial charge in [0.15, 0.2) is 0 Å². The third-order valence-electron chi connectivity index (χ3n) is 4.21. The molecular formula is C16H20N2O2. The highest BCUT2D eigenvalue weighted by Crippen LogP contribution is 2.41. The molecule has 1 fully saturated rings. The minimum Gasteiger partial charge on any atom is -0.465 e. The number of hydrogen-bond acceptors (Lipinski definition) is 3. The van der Waals surface area contributed by atoms with E-state index >= 15 is 0 Å². The third kappa shape index (κ3) is 1.99. The number of aromatic amines is 1. The predicted octanol–water partition coefficient (Wildman–Crippen LogP) is 3.25. The number of carbonyl (C=O) groups excluding carboxylic acids is 1. The Balaban J connectivity index is 2.07. The highest BCUT2D eigenvalue weighted by molar-refractivity contribution is 5.85. The van der Waals surface area contributed by atoms with E-state index in [9.17, 15) is 4.79 Å². The normalized spacial score (nSPS) is 17.5. The molecule has 0 unspecified atom stereocenters. The second-order valence-corrected chi connectivity index (χ2v) is 5.62. The number of aryl methyl sites for hydroxylation is 1. The number of imidazole rings is 1. The minimum absolute atomic E-state index is 0.131. The summed E-state index contributed by atoms with van der Waals surface area (Å²) in [7, 11) is 0. The van der Waals surface area contributed by atoms with E-state index in [4.69, 9.17) is 4.74 Å². The van der Waals surface area contributed by atoms with E-state index in [1.807, 2.05) is 19.1 Å². The SMILES string of the molecule is CCOC(=O)C1(c2nc3ccc(C)cc3[nH]2)CCCC1. The summed E-state index contributed by atoms with van der Waals surface area (Å²) < 4.78 is 5.30. The first-order valence-electron chi connectivity index (χ1n) is 7.30. The molecule has 1 heterocycles. The van der Waals surface area contributed by atoms with Gasteiger partial charge >= 0.3 is 5.97 Å². The smallest absolute Gasteiger partial charge is 0.319 e. The van der Waals surface area contributed by atoms with Gasteiger partial charge in [0.25, 0.3) is 0 Å². The second-order valence-electron chi connectivity index (χ2n) is 5.62. The topological polar surface area (TPSA) is 55.0 Å². The van der Waals surface area contributed by atoms with Crippen LogP contribution in [0, 0.1) is 6.92 Å². The molecule has 1 aliphatic carbocycles. The van der Waals surface area contributed by atoms with Crippen molar-refractivity contribution in [1.82, 2.24) is 9.97 Å². The molecule has 0 spiro atoms. The van der Waals surface area contributed by atoms with Crippen molar-refractivity contribution in [3.8, 4) is 0 Å². The molecule has 20 heavy (non-hydrogen) atoms. The molecule has 106 valence electrons. The molecule has 4 nitrogen and oxygen atoms in total. The molecule has 1 aliphatic rings. The molecule has 0 aliphatic heterocycles.